The Morgan fingerprint density at radius 2 is 1.57 bits per heavy atom. The second-order valence-corrected chi connectivity index (χ2v) is 4.66. The molecule has 2 aromatic carbocycles. The molecule has 0 spiro atoms. The smallest absolute Gasteiger partial charge is 0.335 e. The Bertz CT molecular complexity index is 670. The van der Waals surface area contributed by atoms with Crippen molar-refractivity contribution in [3.8, 4) is 0 Å². The van der Waals surface area contributed by atoms with Gasteiger partial charge in [0.05, 0.1) is 11.3 Å². The molecular weight excluding hydrogens is 266 g/mol. The number of carboxylic acid groups (broad SMARTS) is 1. The van der Waals surface area contributed by atoms with E-state index in [0.29, 0.717) is 11.3 Å². The summed E-state index contributed by atoms with van der Waals surface area (Å²) in [6.45, 7) is 1.97. The average molecular weight is 281 g/mol. The first kappa shape index (κ1) is 14.7. The Morgan fingerprint density at radius 1 is 1.00 bits per heavy atom. The molecule has 4 heteroatoms. The van der Waals surface area contributed by atoms with Gasteiger partial charge >= 0.3 is 5.97 Å². The minimum atomic E-state index is -0.972. The summed E-state index contributed by atoms with van der Waals surface area (Å²) in [7, 11) is 0. The summed E-state index contributed by atoms with van der Waals surface area (Å²) in [5, 5.41) is 8.79. The number of aromatic carboxylic acids is 1. The molecule has 0 saturated heterocycles. The maximum absolute atomic E-state index is 11.9. The Morgan fingerprint density at radius 3 is 2.14 bits per heavy atom. The lowest BCUT2D eigenvalue weighted by molar-refractivity contribution is 0.0696. The Labute approximate surface area is 122 Å². The van der Waals surface area contributed by atoms with Gasteiger partial charge in [-0.1, -0.05) is 29.8 Å². The summed E-state index contributed by atoms with van der Waals surface area (Å²) < 4.78 is 0. The van der Waals surface area contributed by atoms with Crippen LogP contribution < -0.4 is 0 Å². The normalized spacial score (nSPS) is 10.7. The van der Waals surface area contributed by atoms with Crippen LogP contribution in [0.15, 0.2) is 53.5 Å². The lowest BCUT2D eigenvalue weighted by Crippen LogP contribution is -1.99. The minimum absolute atomic E-state index is 0.000839. The van der Waals surface area contributed by atoms with Gasteiger partial charge in [-0.2, -0.15) is 0 Å². The summed E-state index contributed by atoms with van der Waals surface area (Å²) in [6.07, 6.45) is 1.75. The zero-order chi connectivity index (χ0) is 15.2. The van der Waals surface area contributed by atoms with E-state index in [-0.39, 0.29) is 17.8 Å². The molecule has 0 aliphatic heterocycles. The van der Waals surface area contributed by atoms with Crippen molar-refractivity contribution in [3.05, 3.63) is 65.2 Å². The second kappa shape index (κ2) is 6.61. The Balaban J connectivity index is 1.97. The van der Waals surface area contributed by atoms with Crippen LogP contribution in [0.1, 0.15) is 32.7 Å². The van der Waals surface area contributed by atoms with Gasteiger partial charge in [0, 0.05) is 18.2 Å². The number of hydrogen-bond acceptors (Lipinski definition) is 3. The highest BCUT2D eigenvalue weighted by Gasteiger charge is 2.03. The fourth-order valence-corrected chi connectivity index (χ4v) is 1.78. The molecule has 0 unspecified atom stereocenters. The number of carbonyl (C=O) groups excluding carboxylic acids is 1. The van der Waals surface area contributed by atoms with Crippen LogP contribution in [0.25, 0.3) is 0 Å². The van der Waals surface area contributed by atoms with Crippen LogP contribution in [-0.2, 0) is 0 Å². The van der Waals surface area contributed by atoms with Gasteiger partial charge in [0.25, 0.3) is 0 Å². The zero-order valence-corrected chi connectivity index (χ0v) is 11.6. The molecule has 1 N–H and O–H groups in total. The molecule has 0 aromatic heterocycles. The van der Waals surface area contributed by atoms with E-state index in [1.165, 1.54) is 18.3 Å². The summed E-state index contributed by atoms with van der Waals surface area (Å²) in [5.74, 6) is -0.971. The number of hydrogen-bond donors (Lipinski definition) is 1. The first-order valence-electron chi connectivity index (χ1n) is 6.52. The first-order chi connectivity index (χ1) is 10.1. The van der Waals surface area contributed by atoms with E-state index in [1.807, 2.05) is 19.1 Å². The van der Waals surface area contributed by atoms with E-state index in [1.54, 1.807) is 24.3 Å². The molecule has 0 heterocycles. The molecule has 0 fully saturated rings. The fourth-order valence-electron chi connectivity index (χ4n) is 1.78. The van der Waals surface area contributed by atoms with E-state index in [2.05, 4.69) is 4.99 Å². The minimum Gasteiger partial charge on any atom is -0.478 e. The van der Waals surface area contributed by atoms with Crippen molar-refractivity contribution in [1.82, 2.24) is 0 Å². The number of aryl methyl sites for hydroxylation is 1. The number of carbonyl (C=O) groups is 2. The first-order valence-corrected chi connectivity index (χ1v) is 6.52. The number of rotatable bonds is 5. The quantitative estimate of drug-likeness (QED) is 0.671. The van der Waals surface area contributed by atoms with E-state index in [9.17, 15) is 9.59 Å². The largest absolute Gasteiger partial charge is 0.478 e. The molecule has 0 amide bonds. The van der Waals surface area contributed by atoms with Crippen LogP contribution in [0.3, 0.4) is 0 Å². The predicted molar refractivity (Wildman–Crippen MR) is 81.7 cm³/mol. The lowest BCUT2D eigenvalue weighted by atomic mass is 10.1. The summed E-state index contributed by atoms with van der Waals surface area (Å²) >= 11 is 0. The topological polar surface area (TPSA) is 66.7 Å². The SMILES string of the molecule is Cc1ccc(C(=O)CC=Nc2ccc(C(=O)O)cc2)cc1. The summed E-state index contributed by atoms with van der Waals surface area (Å²) in [5.41, 5.74) is 2.61. The third kappa shape index (κ3) is 4.11. The maximum Gasteiger partial charge on any atom is 0.335 e. The van der Waals surface area contributed by atoms with Crippen molar-refractivity contribution >= 4 is 23.7 Å². The Hall–Kier alpha value is -2.75. The van der Waals surface area contributed by atoms with Crippen LogP contribution in [-0.4, -0.2) is 23.1 Å². The standard InChI is InChI=1S/C17H15NO3/c1-12-2-4-13(5-3-12)16(19)10-11-18-15-8-6-14(7-9-15)17(20)21/h2-9,11H,10H2,1H3,(H,20,21). The highest BCUT2D eigenvalue weighted by molar-refractivity contribution is 6.03. The average Bonchev–Trinajstić information content (AvgIpc) is 2.48. The van der Waals surface area contributed by atoms with Gasteiger partial charge in [-0.15, -0.1) is 0 Å². The van der Waals surface area contributed by atoms with Crippen LogP contribution >= 0.6 is 0 Å². The fraction of sp³-hybridized carbons (Fsp3) is 0.118. The van der Waals surface area contributed by atoms with Crippen molar-refractivity contribution in [2.24, 2.45) is 4.99 Å². The molecule has 0 aliphatic carbocycles. The van der Waals surface area contributed by atoms with Gasteiger partial charge in [0.15, 0.2) is 5.78 Å². The highest BCUT2D eigenvalue weighted by Crippen LogP contribution is 2.13. The van der Waals surface area contributed by atoms with Crippen molar-refractivity contribution < 1.29 is 14.7 Å². The molecule has 0 atom stereocenters. The van der Waals surface area contributed by atoms with Gasteiger partial charge in [-0.25, -0.2) is 4.79 Å². The van der Waals surface area contributed by atoms with Gasteiger partial charge in [0.2, 0.25) is 0 Å². The third-order valence-electron chi connectivity index (χ3n) is 3.00. The molecule has 2 aromatic rings. The van der Waals surface area contributed by atoms with E-state index in [4.69, 9.17) is 5.11 Å². The van der Waals surface area contributed by atoms with Gasteiger partial charge in [0.1, 0.15) is 0 Å². The van der Waals surface area contributed by atoms with Crippen molar-refractivity contribution in [1.29, 1.82) is 0 Å². The molecule has 0 saturated carbocycles. The third-order valence-corrected chi connectivity index (χ3v) is 3.00. The molecular formula is C17H15NO3. The van der Waals surface area contributed by atoms with Gasteiger partial charge < -0.3 is 5.11 Å². The molecule has 0 bridgehead atoms. The van der Waals surface area contributed by atoms with Gasteiger partial charge in [-0.3, -0.25) is 9.79 Å². The Kier molecular flexibility index (Phi) is 4.61. The number of aliphatic imine (C=N–C) groups is 1. The van der Waals surface area contributed by atoms with Crippen LogP contribution in [0.5, 0.6) is 0 Å². The second-order valence-electron chi connectivity index (χ2n) is 4.66. The molecule has 2 rings (SSSR count). The van der Waals surface area contributed by atoms with Crippen molar-refractivity contribution in [2.75, 3.05) is 0 Å². The number of nitrogens with zero attached hydrogens (tertiary/aromatic N) is 1. The number of carboxylic acids is 1. The van der Waals surface area contributed by atoms with Crippen LogP contribution in [0.2, 0.25) is 0 Å². The van der Waals surface area contributed by atoms with Crippen LogP contribution in [0, 0.1) is 6.92 Å². The van der Waals surface area contributed by atoms with E-state index < -0.39 is 5.97 Å². The van der Waals surface area contributed by atoms with Crippen LogP contribution in [0.4, 0.5) is 5.69 Å². The molecule has 106 valence electrons. The van der Waals surface area contributed by atoms with Crippen molar-refractivity contribution in [3.63, 3.8) is 0 Å². The summed E-state index contributed by atoms with van der Waals surface area (Å²) in [6, 6.07) is 13.6. The number of benzene rings is 2. The summed E-state index contributed by atoms with van der Waals surface area (Å²) in [4.78, 5) is 26.8. The molecule has 4 nitrogen and oxygen atoms in total. The molecule has 21 heavy (non-hydrogen) atoms. The lowest BCUT2D eigenvalue weighted by Gasteiger charge is -1.98. The molecule has 0 aliphatic rings. The molecule has 0 radical (unpaired) electrons. The zero-order valence-electron chi connectivity index (χ0n) is 11.6. The number of ketones is 1. The predicted octanol–water partition coefficient (Wildman–Crippen LogP) is 3.67. The highest BCUT2D eigenvalue weighted by atomic mass is 16.4. The van der Waals surface area contributed by atoms with E-state index in [0.717, 1.165) is 5.56 Å². The maximum atomic E-state index is 11.9. The number of Topliss-reactive ketones (excluding diaryl/α,β-unsaturated/α-hetero) is 1. The van der Waals surface area contributed by atoms with E-state index >= 15 is 0 Å². The van der Waals surface area contributed by atoms with Gasteiger partial charge in [-0.05, 0) is 31.2 Å². The van der Waals surface area contributed by atoms with Crippen molar-refractivity contribution in [2.45, 2.75) is 13.3 Å². The monoisotopic (exact) mass is 281 g/mol.